The number of hydrogen-bond acceptors (Lipinski definition) is 4. The maximum absolute atomic E-state index is 11.4. The first-order valence-electron chi connectivity index (χ1n) is 9.76. The van der Waals surface area contributed by atoms with Gasteiger partial charge in [0.05, 0.1) is 11.7 Å². The Morgan fingerprint density at radius 1 is 1.28 bits per heavy atom. The Bertz CT molecular complexity index is 566. The number of methoxy groups -OCH3 is 1. The van der Waals surface area contributed by atoms with Crippen molar-refractivity contribution in [3.05, 3.63) is 11.6 Å². The van der Waals surface area contributed by atoms with Crippen molar-refractivity contribution in [2.75, 3.05) is 13.7 Å². The van der Waals surface area contributed by atoms with Crippen LogP contribution in [0.25, 0.3) is 0 Å². The molecule has 1 heterocycles. The second-order valence-corrected chi connectivity index (χ2v) is 9.28. The molecular formula is C21H34O4. The molecule has 0 aromatic rings. The molecule has 0 aromatic carbocycles. The number of fused-ring (bicyclic) bond motifs is 1. The van der Waals surface area contributed by atoms with Crippen LogP contribution in [0.1, 0.15) is 66.2 Å². The molecule has 2 aliphatic carbocycles. The Balaban J connectivity index is 1.85. The molecule has 6 unspecified atom stereocenters. The third-order valence-corrected chi connectivity index (χ3v) is 8.28. The summed E-state index contributed by atoms with van der Waals surface area (Å²) in [5.74, 6) is 0.869. The highest BCUT2D eigenvalue weighted by Crippen LogP contribution is 2.64. The lowest BCUT2D eigenvalue weighted by molar-refractivity contribution is -0.241. The average Bonchev–Trinajstić information content (AvgIpc) is 2.97. The van der Waals surface area contributed by atoms with Crippen molar-refractivity contribution < 1.29 is 19.4 Å². The lowest BCUT2D eigenvalue weighted by atomic mass is 9.43. The summed E-state index contributed by atoms with van der Waals surface area (Å²) >= 11 is 0. The van der Waals surface area contributed by atoms with Crippen LogP contribution in [0, 0.1) is 22.7 Å². The molecule has 0 aromatic heterocycles. The highest BCUT2D eigenvalue weighted by atomic mass is 16.5. The van der Waals surface area contributed by atoms with Crippen LogP contribution in [0.3, 0.4) is 0 Å². The fourth-order valence-corrected chi connectivity index (χ4v) is 6.07. The Kier molecular flexibility index (Phi) is 4.83. The van der Waals surface area contributed by atoms with Crippen LogP contribution in [0.2, 0.25) is 0 Å². The first kappa shape index (κ1) is 18.9. The summed E-state index contributed by atoms with van der Waals surface area (Å²) in [5, 5.41) is 11.4. The van der Waals surface area contributed by atoms with Gasteiger partial charge >= 0.3 is 5.97 Å². The van der Waals surface area contributed by atoms with Gasteiger partial charge in [-0.05, 0) is 68.3 Å². The monoisotopic (exact) mass is 350 g/mol. The number of carbonyl (C=O) groups is 1. The highest BCUT2D eigenvalue weighted by molar-refractivity contribution is 5.85. The second-order valence-electron chi connectivity index (χ2n) is 9.28. The van der Waals surface area contributed by atoms with E-state index >= 15 is 0 Å². The molecule has 0 saturated heterocycles. The minimum atomic E-state index is -0.808. The van der Waals surface area contributed by atoms with Crippen LogP contribution >= 0.6 is 0 Å². The first-order chi connectivity index (χ1) is 11.6. The van der Waals surface area contributed by atoms with Crippen molar-refractivity contribution >= 4 is 5.97 Å². The van der Waals surface area contributed by atoms with E-state index in [0.29, 0.717) is 18.4 Å². The number of rotatable bonds is 4. The smallest absolute Gasteiger partial charge is 0.331 e. The van der Waals surface area contributed by atoms with Gasteiger partial charge in [-0.2, -0.15) is 0 Å². The minimum Gasteiger partial charge on any atom is -0.458 e. The molecule has 0 spiro atoms. The number of cyclic esters (lactones) is 1. The standard InChI is InChI=1S/C21H34O4/c1-14-8-11-20(3)16(6-7-17(24-5)21(20,4)23)19(14,2)10-9-15-12-18(22)25-13-15/h12,14,16-17,23H,6-11,13H2,1-5H3. The molecule has 0 radical (unpaired) electrons. The summed E-state index contributed by atoms with van der Waals surface area (Å²) in [4.78, 5) is 11.3. The van der Waals surface area contributed by atoms with Crippen molar-refractivity contribution in [3.63, 3.8) is 0 Å². The van der Waals surface area contributed by atoms with E-state index < -0.39 is 5.60 Å². The number of aliphatic hydroxyl groups is 1. The second kappa shape index (κ2) is 6.38. The Labute approximate surface area is 152 Å². The van der Waals surface area contributed by atoms with Crippen molar-refractivity contribution in [1.29, 1.82) is 0 Å². The number of ether oxygens (including phenoxy) is 2. The van der Waals surface area contributed by atoms with Gasteiger partial charge < -0.3 is 14.6 Å². The zero-order chi connectivity index (χ0) is 18.5. The van der Waals surface area contributed by atoms with Gasteiger partial charge in [0.1, 0.15) is 6.61 Å². The predicted molar refractivity (Wildman–Crippen MR) is 97.0 cm³/mol. The third-order valence-electron chi connectivity index (χ3n) is 8.28. The van der Waals surface area contributed by atoms with Crippen LogP contribution in [-0.4, -0.2) is 36.5 Å². The molecule has 1 aliphatic heterocycles. The topological polar surface area (TPSA) is 55.8 Å². The van der Waals surface area contributed by atoms with Crippen LogP contribution in [0.15, 0.2) is 11.6 Å². The van der Waals surface area contributed by atoms with Gasteiger partial charge in [0.15, 0.2) is 0 Å². The molecule has 0 bridgehead atoms. The maximum atomic E-state index is 11.4. The zero-order valence-corrected chi connectivity index (χ0v) is 16.4. The van der Waals surface area contributed by atoms with Gasteiger partial charge in [-0.1, -0.05) is 20.8 Å². The maximum Gasteiger partial charge on any atom is 0.331 e. The average molecular weight is 350 g/mol. The number of hydrogen-bond donors (Lipinski definition) is 1. The molecule has 6 atom stereocenters. The van der Waals surface area contributed by atoms with Gasteiger partial charge in [-0.3, -0.25) is 0 Å². The van der Waals surface area contributed by atoms with Crippen LogP contribution in [-0.2, 0) is 14.3 Å². The van der Waals surface area contributed by atoms with E-state index in [-0.39, 0.29) is 22.9 Å². The molecule has 2 fully saturated rings. The van der Waals surface area contributed by atoms with E-state index in [9.17, 15) is 9.90 Å². The number of esters is 1. The van der Waals surface area contributed by atoms with E-state index in [1.54, 1.807) is 13.2 Å². The normalized spacial score (nSPS) is 47.2. The summed E-state index contributed by atoms with van der Waals surface area (Å²) in [7, 11) is 1.72. The van der Waals surface area contributed by atoms with Gasteiger partial charge in [-0.15, -0.1) is 0 Å². The minimum absolute atomic E-state index is 0.0880. The van der Waals surface area contributed by atoms with Gasteiger partial charge in [0.2, 0.25) is 0 Å². The summed E-state index contributed by atoms with van der Waals surface area (Å²) in [5.41, 5.74) is 0.326. The van der Waals surface area contributed by atoms with E-state index in [4.69, 9.17) is 9.47 Å². The van der Waals surface area contributed by atoms with Gasteiger partial charge in [0, 0.05) is 18.6 Å². The SMILES string of the molecule is COC1CCC2C(C)(CCC3=CC(=O)OC3)C(C)CCC2(C)C1(C)O. The summed E-state index contributed by atoms with van der Waals surface area (Å²) in [6.07, 6.45) is 7.72. The van der Waals surface area contributed by atoms with Gasteiger partial charge in [0.25, 0.3) is 0 Å². The Hall–Kier alpha value is -0.870. The van der Waals surface area contributed by atoms with Crippen LogP contribution < -0.4 is 0 Å². The third kappa shape index (κ3) is 2.86. The van der Waals surface area contributed by atoms with Crippen molar-refractivity contribution in [2.45, 2.75) is 77.9 Å². The van der Waals surface area contributed by atoms with Crippen molar-refractivity contribution in [1.82, 2.24) is 0 Å². The molecule has 3 aliphatic rings. The predicted octanol–water partition coefficient (Wildman–Crippen LogP) is 3.87. The fraction of sp³-hybridized carbons (Fsp3) is 0.857. The Morgan fingerprint density at radius 3 is 2.60 bits per heavy atom. The van der Waals surface area contributed by atoms with Crippen molar-refractivity contribution in [3.8, 4) is 0 Å². The van der Waals surface area contributed by atoms with E-state index in [2.05, 4.69) is 20.8 Å². The molecule has 25 heavy (non-hydrogen) atoms. The van der Waals surface area contributed by atoms with Crippen molar-refractivity contribution in [2.24, 2.45) is 22.7 Å². The molecule has 4 nitrogen and oxygen atoms in total. The van der Waals surface area contributed by atoms with Gasteiger partial charge in [-0.25, -0.2) is 4.79 Å². The van der Waals surface area contributed by atoms with E-state index in [1.807, 2.05) is 6.92 Å². The molecule has 4 heteroatoms. The lowest BCUT2D eigenvalue weighted by Gasteiger charge is -2.64. The lowest BCUT2D eigenvalue weighted by Crippen LogP contribution is -2.65. The zero-order valence-electron chi connectivity index (χ0n) is 16.4. The summed E-state index contributed by atoms with van der Waals surface area (Å²) < 4.78 is 10.7. The highest BCUT2D eigenvalue weighted by Gasteiger charge is 2.62. The fourth-order valence-electron chi connectivity index (χ4n) is 6.07. The first-order valence-corrected chi connectivity index (χ1v) is 9.76. The van der Waals surface area contributed by atoms with E-state index in [1.165, 1.54) is 0 Å². The quantitative estimate of drug-likeness (QED) is 0.782. The molecule has 1 N–H and O–H groups in total. The molecule has 2 saturated carbocycles. The largest absolute Gasteiger partial charge is 0.458 e. The number of carbonyl (C=O) groups excluding carboxylic acids is 1. The van der Waals surface area contributed by atoms with Crippen LogP contribution in [0.4, 0.5) is 0 Å². The van der Waals surface area contributed by atoms with E-state index in [0.717, 1.165) is 44.1 Å². The Morgan fingerprint density at radius 2 is 2.00 bits per heavy atom. The summed E-state index contributed by atoms with van der Waals surface area (Å²) in [6.45, 7) is 9.47. The molecule has 3 rings (SSSR count). The molecular weight excluding hydrogens is 316 g/mol. The molecule has 142 valence electrons. The molecule has 0 amide bonds. The summed E-state index contributed by atoms with van der Waals surface area (Å²) in [6, 6.07) is 0. The van der Waals surface area contributed by atoms with Crippen LogP contribution in [0.5, 0.6) is 0 Å².